The van der Waals surface area contributed by atoms with E-state index in [0.717, 1.165) is 48.9 Å². The molecule has 7 heteroatoms. The van der Waals surface area contributed by atoms with E-state index >= 15 is 0 Å². The van der Waals surface area contributed by atoms with E-state index in [4.69, 9.17) is 15.5 Å². The number of hydrogen-bond donors (Lipinski definition) is 1. The van der Waals surface area contributed by atoms with Crippen molar-refractivity contribution in [2.45, 2.75) is 25.3 Å². The zero-order valence-electron chi connectivity index (χ0n) is 13.3. The molecule has 1 saturated heterocycles. The van der Waals surface area contributed by atoms with Crippen molar-refractivity contribution in [2.75, 3.05) is 18.9 Å². The van der Waals surface area contributed by atoms with Crippen molar-refractivity contribution in [1.29, 1.82) is 0 Å². The van der Waals surface area contributed by atoms with Gasteiger partial charge in [-0.2, -0.15) is 0 Å². The predicted octanol–water partition coefficient (Wildman–Crippen LogP) is 2.73. The average molecular weight is 341 g/mol. The number of ether oxygens (including phenoxy) is 1. The summed E-state index contributed by atoms with van der Waals surface area (Å²) in [5.74, 6) is 0.391. The van der Waals surface area contributed by atoms with Gasteiger partial charge < -0.3 is 15.0 Å². The Hall–Kier alpha value is -2.25. The number of nitrogen functional groups attached to an aromatic ring is 1. The maximum absolute atomic E-state index is 5.67. The van der Waals surface area contributed by atoms with Gasteiger partial charge in [0.1, 0.15) is 5.01 Å². The maximum Gasteiger partial charge on any atom is 0.203 e. The highest BCUT2D eigenvalue weighted by molar-refractivity contribution is 7.15. The molecule has 1 aliphatic rings. The number of aromatic nitrogens is 4. The van der Waals surface area contributed by atoms with Crippen LogP contribution < -0.4 is 5.73 Å². The van der Waals surface area contributed by atoms with Crippen molar-refractivity contribution < 1.29 is 4.74 Å². The number of hydrogen-bond acceptors (Lipinski definition) is 6. The number of nitrogens with two attached hydrogens (primary N) is 1. The molecular weight excluding hydrogens is 322 g/mol. The number of rotatable bonds is 5. The summed E-state index contributed by atoms with van der Waals surface area (Å²) < 4.78 is 7.85. The first-order valence-electron chi connectivity index (χ1n) is 8.07. The molecule has 2 aromatic heterocycles. The van der Waals surface area contributed by atoms with E-state index in [1.54, 1.807) is 0 Å². The van der Waals surface area contributed by atoms with E-state index in [2.05, 4.69) is 26.9 Å². The summed E-state index contributed by atoms with van der Waals surface area (Å²) >= 11 is 1.45. The van der Waals surface area contributed by atoms with Crippen LogP contribution in [0.5, 0.6) is 0 Å². The van der Waals surface area contributed by atoms with E-state index in [-0.39, 0.29) is 0 Å². The van der Waals surface area contributed by atoms with Gasteiger partial charge in [-0.25, -0.2) is 4.98 Å². The van der Waals surface area contributed by atoms with Crippen LogP contribution >= 0.6 is 11.3 Å². The minimum absolute atomic E-state index is 0.391. The van der Waals surface area contributed by atoms with Crippen LogP contribution in [0.15, 0.2) is 36.7 Å². The molecule has 0 bridgehead atoms. The quantitative estimate of drug-likeness (QED) is 0.772. The van der Waals surface area contributed by atoms with Crippen molar-refractivity contribution in [3.63, 3.8) is 0 Å². The smallest absolute Gasteiger partial charge is 0.203 e. The first-order chi connectivity index (χ1) is 11.8. The minimum Gasteiger partial charge on any atom is -0.381 e. The van der Waals surface area contributed by atoms with Crippen molar-refractivity contribution in [3.05, 3.63) is 47.4 Å². The van der Waals surface area contributed by atoms with Crippen LogP contribution in [0.2, 0.25) is 0 Å². The first-order valence-corrected chi connectivity index (χ1v) is 8.89. The summed E-state index contributed by atoms with van der Waals surface area (Å²) in [5, 5.41) is 9.46. The molecule has 4 rings (SSSR count). The number of benzene rings is 1. The van der Waals surface area contributed by atoms with Crippen molar-refractivity contribution in [1.82, 2.24) is 19.7 Å². The third-order valence-electron chi connectivity index (χ3n) is 4.29. The Kier molecular flexibility index (Phi) is 4.27. The van der Waals surface area contributed by atoms with Gasteiger partial charge in [0.15, 0.2) is 0 Å². The van der Waals surface area contributed by atoms with Gasteiger partial charge >= 0.3 is 0 Å². The van der Waals surface area contributed by atoms with Gasteiger partial charge in [0.2, 0.25) is 5.13 Å². The molecule has 0 amide bonds. The Labute approximate surface area is 144 Å². The van der Waals surface area contributed by atoms with Crippen LogP contribution in [0, 0.1) is 0 Å². The van der Waals surface area contributed by atoms with Crippen LogP contribution in [0.3, 0.4) is 0 Å². The van der Waals surface area contributed by atoms with Crippen LogP contribution in [-0.4, -0.2) is 33.0 Å². The molecule has 1 aliphatic heterocycles. The van der Waals surface area contributed by atoms with Crippen LogP contribution in [0.1, 0.15) is 23.0 Å². The molecule has 124 valence electrons. The summed E-state index contributed by atoms with van der Waals surface area (Å²) in [5.41, 5.74) is 9.14. The summed E-state index contributed by atoms with van der Waals surface area (Å²) in [6.07, 6.45) is 3.78. The fraction of sp³-hybridized carbons (Fsp3) is 0.353. The largest absolute Gasteiger partial charge is 0.381 e. The Morgan fingerprint density at radius 1 is 1.25 bits per heavy atom. The summed E-state index contributed by atoms with van der Waals surface area (Å²) in [6.45, 7) is 2.40. The van der Waals surface area contributed by atoms with Crippen molar-refractivity contribution in [2.24, 2.45) is 0 Å². The molecule has 6 nitrogen and oxygen atoms in total. The number of nitrogens with zero attached hydrogens (tertiary/aromatic N) is 4. The van der Waals surface area contributed by atoms with Crippen LogP contribution in [0.25, 0.3) is 11.3 Å². The third kappa shape index (κ3) is 3.05. The van der Waals surface area contributed by atoms with E-state index in [0.29, 0.717) is 11.0 Å². The molecule has 3 heterocycles. The Morgan fingerprint density at radius 3 is 2.83 bits per heavy atom. The van der Waals surface area contributed by atoms with E-state index in [9.17, 15) is 0 Å². The maximum atomic E-state index is 5.67. The monoisotopic (exact) mass is 341 g/mol. The fourth-order valence-corrected chi connectivity index (χ4v) is 3.75. The van der Waals surface area contributed by atoms with Crippen LogP contribution in [0.4, 0.5) is 5.13 Å². The zero-order valence-corrected chi connectivity index (χ0v) is 14.1. The Morgan fingerprint density at radius 2 is 2.12 bits per heavy atom. The van der Waals surface area contributed by atoms with Gasteiger partial charge in [0, 0.05) is 31.1 Å². The highest BCUT2D eigenvalue weighted by Crippen LogP contribution is 2.33. The van der Waals surface area contributed by atoms with Crippen molar-refractivity contribution >= 4 is 16.5 Å². The zero-order chi connectivity index (χ0) is 16.4. The average Bonchev–Trinajstić information content (AvgIpc) is 3.34. The molecule has 24 heavy (non-hydrogen) atoms. The summed E-state index contributed by atoms with van der Waals surface area (Å²) in [4.78, 5) is 4.70. The normalized spacial score (nSPS) is 17.4. The number of anilines is 1. The molecule has 1 atom stereocenters. The lowest BCUT2D eigenvalue weighted by atomic mass is 9.99. The standard InChI is InChI=1S/C17H19N5OS/c18-17-21-20-14(24-17)6-8-22-11-19-15(12-4-2-1-3-5-12)16(22)13-7-9-23-10-13/h1-5,11,13H,6-10H2,(H2,18,21)/t13-/m0/s1. The molecule has 1 fully saturated rings. The minimum atomic E-state index is 0.391. The highest BCUT2D eigenvalue weighted by atomic mass is 32.1. The molecule has 0 unspecified atom stereocenters. The molecule has 0 aliphatic carbocycles. The highest BCUT2D eigenvalue weighted by Gasteiger charge is 2.25. The Balaban J connectivity index is 1.64. The molecule has 0 radical (unpaired) electrons. The Bertz CT molecular complexity index is 808. The summed E-state index contributed by atoms with van der Waals surface area (Å²) in [6, 6.07) is 10.3. The second-order valence-electron chi connectivity index (χ2n) is 5.88. The molecular formula is C17H19N5OS. The summed E-state index contributed by atoms with van der Waals surface area (Å²) in [7, 11) is 0. The van der Waals surface area contributed by atoms with Gasteiger partial charge in [-0.1, -0.05) is 41.7 Å². The molecule has 0 saturated carbocycles. The molecule has 2 N–H and O–H groups in total. The third-order valence-corrected chi connectivity index (χ3v) is 5.10. The van der Waals surface area contributed by atoms with Gasteiger partial charge in [0.05, 0.1) is 24.3 Å². The van der Waals surface area contributed by atoms with Crippen molar-refractivity contribution in [3.8, 4) is 11.3 Å². The van der Waals surface area contributed by atoms with E-state index < -0.39 is 0 Å². The van der Waals surface area contributed by atoms with E-state index in [1.165, 1.54) is 17.0 Å². The number of imidazole rings is 1. The van der Waals surface area contributed by atoms with E-state index in [1.807, 2.05) is 24.5 Å². The number of aryl methyl sites for hydroxylation is 2. The van der Waals surface area contributed by atoms with Gasteiger partial charge in [-0.15, -0.1) is 10.2 Å². The lowest BCUT2D eigenvalue weighted by Gasteiger charge is -2.14. The van der Waals surface area contributed by atoms with Gasteiger partial charge in [-0.3, -0.25) is 0 Å². The first kappa shape index (κ1) is 15.3. The van der Waals surface area contributed by atoms with Gasteiger partial charge in [0.25, 0.3) is 0 Å². The molecule has 3 aromatic rings. The molecule has 0 spiro atoms. The SMILES string of the molecule is Nc1nnc(CCn2cnc(-c3ccccc3)c2[C@H]2CCOC2)s1. The second-order valence-corrected chi connectivity index (χ2v) is 6.98. The van der Waals surface area contributed by atoms with Gasteiger partial charge in [-0.05, 0) is 6.42 Å². The van der Waals surface area contributed by atoms with Crippen LogP contribution in [-0.2, 0) is 17.7 Å². The molecule has 1 aromatic carbocycles. The second kappa shape index (κ2) is 6.70. The lowest BCUT2D eigenvalue weighted by molar-refractivity contribution is 0.193. The fourth-order valence-electron chi connectivity index (χ4n) is 3.15. The topological polar surface area (TPSA) is 78.9 Å². The lowest BCUT2D eigenvalue weighted by Crippen LogP contribution is -2.10. The predicted molar refractivity (Wildman–Crippen MR) is 93.9 cm³/mol.